The van der Waals surface area contributed by atoms with Crippen molar-refractivity contribution in [2.45, 2.75) is 6.42 Å². The highest BCUT2D eigenvalue weighted by Crippen LogP contribution is 2.25. The topological polar surface area (TPSA) is 76.4 Å². The van der Waals surface area contributed by atoms with Crippen LogP contribution in [0.5, 0.6) is 0 Å². The predicted molar refractivity (Wildman–Crippen MR) is 73.8 cm³/mol. The zero-order valence-electron chi connectivity index (χ0n) is 10.6. The van der Waals surface area contributed by atoms with Crippen LogP contribution in [0, 0.1) is 5.82 Å². The first kappa shape index (κ1) is 15.5. The van der Waals surface area contributed by atoms with E-state index < -0.39 is 5.82 Å². The Bertz CT molecular complexity index is 443. The van der Waals surface area contributed by atoms with E-state index in [-0.39, 0.29) is 17.4 Å². The van der Waals surface area contributed by atoms with Gasteiger partial charge in [-0.05, 0) is 6.07 Å². The third-order valence-electron chi connectivity index (χ3n) is 2.39. The van der Waals surface area contributed by atoms with Crippen LogP contribution in [0.25, 0.3) is 0 Å². The van der Waals surface area contributed by atoms with Gasteiger partial charge >= 0.3 is 0 Å². The smallest absolute Gasteiger partial charge is 0.221 e. The van der Waals surface area contributed by atoms with Crippen molar-refractivity contribution in [3.63, 3.8) is 0 Å². The summed E-state index contributed by atoms with van der Waals surface area (Å²) in [7, 11) is 1.56. The molecule has 1 amide bonds. The number of hydrogen-bond acceptors (Lipinski definition) is 4. The number of nitrogens with two attached hydrogens (primary N) is 1. The lowest BCUT2D eigenvalue weighted by Gasteiger charge is -2.10. The minimum atomic E-state index is -0.553. The summed E-state index contributed by atoms with van der Waals surface area (Å²) in [6.07, 6.45) is 0.257. The Balaban J connectivity index is 2.37. The van der Waals surface area contributed by atoms with Crippen LogP contribution in [-0.2, 0) is 9.53 Å². The van der Waals surface area contributed by atoms with Crippen molar-refractivity contribution in [2.75, 3.05) is 37.9 Å². The molecule has 0 radical (unpaired) electrons. The summed E-state index contributed by atoms with van der Waals surface area (Å²) in [6.45, 7) is 1.28. The average Bonchev–Trinajstić information content (AvgIpc) is 2.36. The SMILES string of the molecule is COCCNC(=O)CCNc1cc(F)c(Cl)cc1N. The number of ether oxygens (including phenoxy) is 1. The Morgan fingerprint density at radius 3 is 2.89 bits per heavy atom. The van der Waals surface area contributed by atoms with Crippen molar-refractivity contribution >= 4 is 28.9 Å². The van der Waals surface area contributed by atoms with Crippen molar-refractivity contribution < 1.29 is 13.9 Å². The van der Waals surface area contributed by atoms with Crippen molar-refractivity contribution in [2.24, 2.45) is 0 Å². The predicted octanol–water partition coefficient (Wildman–Crippen LogP) is 1.63. The van der Waals surface area contributed by atoms with Gasteiger partial charge in [0.05, 0.1) is 23.0 Å². The molecule has 4 N–H and O–H groups in total. The number of hydrogen-bond donors (Lipinski definition) is 3. The van der Waals surface area contributed by atoms with Crippen molar-refractivity contribution in [1.82, 2.24) is 5.32 Å². The van der Waals surface area contributed by atoms with Gasteiger partial charge in [-0.25, -0.2) is 4.39 Å². The van der Waals surface area contributed by atoms with E-state index in [1.807, 2.05) is 0 Å². The molecular weight excluding hydrogens is 273 g/mol. The quantitative estimate of drug-likeness (QED) is 0.527. The van der Waals surface area contributed by atoms with Crippen LogP contribution in [0.15, 0.2) is 12.1 Å². The van der Waals surface area contributed by atoms with Gasteiger partial charge < -0.3 is 21.1 Å². The number of rotatable bonds is 7. The molecule has 0 aromatic heterocycles. The number of methoxy groups -OCH3 is 1. The third kappa shape index (κ3) is 5.32. The molecule has 1 aromatic carbocycles. The molecule has 0 saturated carbocycles. The highest BCUT2D eigenvalue weighted by atomic mass is 35.5. The fourth-order valence-electron chi connectivity index (χ4n) is 1.41. The molecule has 7 heteroatoms. The lowest BCUT2D eigenvalue weighted by Crippen LogP contribution is -2.28. The summed E-state index contributed by atoms with van der Waals surface area (Å²) in [6, 6.07) is 2.54. The molecule has 106 valence electrons. The highest BCUT2D eigenvalue weighted by molar-refractivity contribution is 6.31. The number of carbonyl (C=O) groups is 1. The number of carbonyl (C=O) groups excluding carboxylic acids is 1. The Morgan fingerprint density at radius 1 is 1.47 bits per heavy atom. The molecule has 0 atom stereocenters. The van der Waals surface area contributed by atoms with Gasteiger partial charge in [-0.2, -0.15) is 0 Å². The van der Waals surface area contributed by atoms with Gasteiger partial charge in [0.1, 0.15) is 5.82 Å². The van der Waals surface area contributed by atoms with E-state index in [0.29, 0.717) is 31.1 Å². The molecule has 0 saturated heterocycles. The van der Waals surface area contributed by atoms with Crippen molar-refractivity contribution in [1.29, 1.82) is 0 Å². The zero-order chi connectivity index (χ0) is 14.3. The van der Waals surface area contributed by atoms with E-state index in [2.05, 4.69) is 10.6 Å². The summed E-state index contributed by atoms with van der Waals surface area (Å²) < 4.78 is 18.0. The fourth-order valence-corrected chi connectivity index (χ4v) is 1.58. The maximum absolute atomic E-state index is 13.2. The van der Waals surface area contributed by atoms with Crippen LogP contribution in [0.2, 0.25) is 5.02 Å². The average molecular weight is 290 g/mol. The maximum atomic E-state index is 13.2. The second-order valence-electron chi connectivity index (χ2n) is 3.87. The van der Waals surface area contributed by atoms with Gasteiger partial charge in [-0.1, -0.05) is 11.6 Å². The van der Waals surface area contributed by atoms with E-state index in [4.69, 9.17) is 22.1 Å². The number of amides is 1. The van der Waals surface area contributed by atoms with Gasteiger partial charge in [-0.3, -0.25) is 4.79 Å². The minimum absolute atomic E-state index is 0.0274. The lowest BCUT2D eigenvalue weighted by molar-refractivity contribution is -0.121. The normalized spacial score (nSPS) is 10.3. The van der Waals surface area contributed by atoms with Gasteiger partial charge in [0, 0.05) is 32.7 Å². The van der Waals surface area contributed by atoms with E-state index in [1.165, 1.54) is 12.1 Å². The molecule has 0 heterocycles. The van der Waals surface area contributed by atoms with Gasteiger partial charge in [0.25, 0.3) is 0 Å². The summed E-state index contributed by atoms with van der Waals surface area (Å²) in [4.78, 5) is 11.4. The van der Waals surface area contributed by atoms with Crippen molar-refractivity contribution in [3.8, 4) is 0 Å². The van der Waals surface area contributed by atoms with Crippen LogP contribution in [-0.4, -0.2) is 32.7 Å². The van der Waals surface area contributed by atoms with Gasteiger partial charge in [0.2, 0.25) is 5.91 Å². The highest BCUT2D eigenvalue weighted by Gasteiger charge is 2.06. The number of benzene rings is 1. The Hall–Kier alpha value is -1.53. The summed E-state index contributed by atoms with van der Waals surface area (Å²) in [5.41, 5.74) is 6.44. The molecule has 0 aliphatic carbocycles. The van der Waals surface area contributed by atoms with E-state index in [0.717, 1.165) is 0 Å². The van der Waals surface area contributed by atoms with Crippen LogP contribution in [0.4, 0.5) is 15.8 Å². The molecule has 5 nitrogen and oxygen atoms in total. The van der Waals surface area contributed by atoms with Gasteiger partial charge in [0.15, 0.2) is 0 Å². The molecule has 0 unspecified atom stereocenters. The second-order valence-corrected chi connectivity index (χ2v) is 4.28. The minimum Gasteiger partial charge on any atom is -0.397 e. The maximum Gasteiger partial charge on any atom is 0.221 e. The molecule has 0 aliphatic rings. The monoisotopic (exact) mass is 289 g/mol. The van der Waals surface area contributed by atoms with Crippen LogP contribution < -0.4 is 16.4 Å². The number of nitrogens with one attached hydrogen (secondary N) is 2. The molecule has 19 heavy (non-hydrogen) atoms. The van der Waals surface area contributed by atoms with Crippen LogP contribution >= 0.6 is 11.6 Å². The van der Waals surface area contributed by atoms with Crippen LogP contribution in [0.3, 0.4) is 0 Å². The van der Waals surface area contributed by atoms with Crippen LogP contribution in [0.1, 0.15) is 6.42 Å². The standard InChI is InChI=1S/C12H17ClFN3O2/c1-19-5-4-17-12(18)2-3-16-11-7-9(14)8(13)6-10(11)15/h6-7,16H,2-5,15H2,1H3,(H,17,18). The number of halogens is 2. The first-order valence-electron chi connectivity index (χ1n) is 5.78. The second kappa shape index (κ2) is 7.81. The molecule has 0 bridgehead atoms. The summed E-state index contributed by atoms with van der Waals surface area (Å²) in [5, 5.41) is 5.53. The van der Waals surface area contributed by atoms with Gasteiger partial charge in [-0.15, -0.1) is 0 Å². The third-order valence-corrected chi connectivity index (χ3v) is 2.68. The molecule has 1 rings (SSSR count). The van der Waals surface area contributed by atoms with E-state index in [9.17, 15) is 9.18 Å². The Kier molecular flexibility index (Phi) is 6.38. The largest absolute Gasteiger partial charge is 0.397 e. The lowest BCUT2D eigenvalue weighted by atomic mass is 10.2. The molecule has 0 fully saturated rings. The molecule has 0 aliphatic heterocycles. The Morgan fingerprint density at radius 2 is 2.21 bits per heavy atom. The first-order valence-corrected chi connectivity index (χ1v) is 6.16. The molecule has 1 aromatic rings. The van der Waals surface area contributed by atoms with Crippen molar-refractivity contribution in [3.05, 3.63) is 23.0 Å². The summed E-state index contributed by atoms with van der Waals surface area (Å²) in [5.74, 6) is -0.666. The Labute approximate surface area is 116 Å². The number of anilines is 2. The van der Waals surface area contributed by atoms with E-state index >= 15 is 0 Å². The fraction of sp³-hybridized carbons (Fsp3) is 0.417. The molecule has 0 spiro atoms. The zero-order valence-corrected chi connectivity index (χ0v) is 11.4. The number of nitrogen functional groups attached to an aromatic ring is 1. The van der Waals surface area contributed by atoms with E-state index in [1.54, 1.807) is 7.11 Å². The first-order chi connectivity index (χ1) is 9.04. The molecular formula is C12H17ClFN3O2. The summed E-state index contributed by atoms with van der Waals surface area (Å²) >= 11 is 5.58.